The molecule has 13 aliphatic rings. The summed E-state index contributed by atoms with van der Waals surface area (Å²) < 4.78 is 0. The minimum atomic E-state index is 0. The molecule has 0 radical (unpaired) electrons. The third kappa shape index (κ3) is 60.0. The smallest absolute Gasteiger partial charge is 0.125 e. The minimum absolute atomic E-state index is 0. The van der Waals surface area contributed by atoms with Crippen LogP contribution in [0.2, 0.25) is 0 Å². The summed E-state index contributed by atoms with van der Waals surface area (Å²) >= 11 is 0. The van der Waals surface area contributed by atoms with Gasteiger partial charge in [0.05, 0.1) is 23.5 Å². The van der Waals surface area contributed by atoms with Gasteiger partial charge in [-0.3, -0.25) is 9.97 Å². The zero-order valence-electron chi connectivity index (χ0n) is 89.1. The van der Waals surface area contributed by atoms with Crippen LogP contribution >= 0.6 is 0 Å². The number of benzene rings is 4. The lowest BCUT2D eigenvalue weighted by atomic mass is 9.55. The lowest BCUT2D eigenvalue weighted by Crippen LogP contribution is -2.51. The number of likely N-dealkylation sites (N-methyl/N-ethyl adjacent to an activating group) is 2. The first-order chi connectivity index (χ1) is 62.6. The molecule has 14 heteroatoms. The van der Waals surface area contributed by atoms with Crippen molar-refractivity contribution in [2.24, 2.45) is 58.2 Å². The first-order valence-electron chi connectivity index (χ1n) is 51.3. The van der Waals surface area contributed by atoms with Gasteiger partial charge in [0.1, 0.15) is 5.82 Å². The molecular formula is C131H240N14. The number of aromatic nitrogens is 7. The van der Waals surface area contributed by atoms with Gasteiger partial charge in [0.25, 0.3) is 0 Å². The van der Waals surface area contributed by atoms with Crippen LogP contribution in [0.4, 0.5) is 0 Å². The average molecular weight is 2010 g/mol. The summed E-state index contributed by atoms with van der Waals surface area (Å²) in [6, 6.07) is 33.7. The van der Waals surface area contributed by atoms with Crippen molar-refractivity contribution in [1.29, 1.82) is 0 Å². The molecule has 7 N–H and O–H groups in total. The Kier molecular flexibility index (Phi) is 84.3. The molecule has 4 aliphatic heterocycles. The monoisotopic (exact) mass is 2010 g/mol. The zero-order chi connectivity index (χ0) is 97.0. The molecule has 4 saturated heterocycles. The highest BCUT2D eigenvalue weighted by atomic mass is 15.2. The number of aryl methyl sites for hydroxylation is 14. The molecule has 4 bridgehead atoms. The maximum Gasteiger partial charge on any atom is 0.125 e. The van der Waals surface area contributed by atoms with E-state index in [1.165, 1.54) is 224 Å². The summed E-state index contributed by atoms with van der Waals surface area (Å²) in [7, 11) is 4.35. The first-order valence-corrected chi connectivity index (χ1v) is 51.3. The number of fused-ring (bicyclic) bond motifs is 8. The Morgan fingerprint density at radius 3 is 1.06 bits per heavy atom. The molecule has 9 aromatic rings. The number of nitrogens with one attached hydrogen (secondary N) is 7. The van der Waals surface area contributed by atoms with Crippen molar-refractivity contribution in [2.75, 3.05) is 73.0 Å². The minimum Gasteiger partial charge on any atom is -0.361 e. The van der Waals surface area contributed by atoms with Crippen molar-refractivity contribution in [2.45, 2.75) is 430 Å². The third-order valence-electron chi connectivity index (χ3n) is 28.9. The van der Waals surface area contributed by atoms with Crippen LogP contribution in [0.1, 0.15) is 392 Å². The molecule has 9 heterocycles. The van der Waals surface area contributed by atoms with Crippen molar-refractivity contribution in [3.05, 3.63) is 247 Å². The van der Waals surface area contributed by atoms with Gasteiger partial charge in [-0.15, -0.1) is 0 Å². The molecule has 11 fully saturated rings. The number of imidazole rings is 1. The quantitative estimate of drug-likeness (QED) is 0.0771. The number of allylic oxidation sites excluding steroid dienone is 5. The Bertz CT molecular complexity index is 4070. The van der Waals surface area contributed by atoms with Gasteiger partial charge in [-0.2, -0.15) is 0 Å². The second-order valence-corrected chi connectivity index (χ2v) is 43.0. The summed E-state index contributed by atoms with van der Waals surface area (Å²) in [5, 5.41) is 18.1. The number of nitrogens with zero attached hydrogens (tertiary/aromatic N) is 7. The molecule has 6 atom stereocenters. The fourth-order valence-electron chi connectivity index (χ4n) is 18.1. The molecule has 9 aliphatic carbocycles. The number of H-pyrrole nitrogens is 2. The van der Waals surface area contributed by atoms with Crippen LogP contribution in [0, 0.1) is 155 Å². The van der Waals surface area contributed by atoms with E-state index >= 15 is 0 Å². The van der Waals surface area contributed by atoms with E-state index in [1.807, 2.05) is 84.7 Å². The maximum atomic E-state index is 4.22. The molecular weight excluding hydrogens is 1770 g/mol. The standard InChI is InChI=1S/C11H12.C10H11N.C10H18.C9H10N2.C9H16.C8H16.C8H12.C8H10.C7H15N.2C7H9N.3C6H14N2.C6H8N2.13CH4/c1-8-6-7-9(2)11-5-3-4-10(8)11;1-7-3-4-8(2)10-9(7)5-6-11-10;1-9-3-6-10(2,7-4-9)8-5-9;1-6-3-4-7(2)9-8(6)10-5-11-9;1-6-3-8-5-9(4-6)7(8)2;3*1-7-3-5-8(2)6-4-7;3*1-6-3-4-7(2)8-5-6;1-7-3-5-8(2)6-4-7;1-5-3-8-6(2)4-7-5;2*1-5-3-7-6(2)8-4-5;;;;;;;;;;;;;/h3-4,6-7H,5H2,1-2H3;3-6,11H,1-2H3;3-8H2,1-2H3;3-5H,1-2H3,(H,10,11);6-9H,3-5H2,1-2H3;7-8H,3-6H2,1-2H3;3,5H,4,6H2,1-2H3;3-6H,1-2H3;6-8H,3-5H2,1-2H3;2*3-5H,1-2H3;3-6H2,1-2H3;2*5-8H,3-4H2,1-2H3;3-4H,1-2H3;13*1H4. The summed E-state index contributed by atoms with van der Waals surface area (Å²) in [5.74, 6) is 8.95. The van der Waals surface area contributed by atoms with E-state index in [0.29, 0.717) is 18.2 Å². The second kappa shape index (κ2) is 80.2. The van der Waals surface area contributed by atoms with E-state index in [1.54, 1.807) is 12.7 Å². The van der Waals surface area contributed by atoms with Crippen molar-refractivity contribution in [1.82, 2.24) is 71.3 Å². The third-order valence-corrected chi connectivity index (χ3v) is 28.9. The molecule has 4 aromatic carbocycles. The van der Waals surface area contributed by atoms with E-state index < -0.39 is 0 Å². The van der Waals surface area contributed by atoms with Gasteiger partial charge in [-0.1, -0.05) is 297 Å². The highest BCUT2D eigenvalue weighted by Crippen LogP contribution is 2.56. The molecule has 5 aromatic heterocycles. The van der Waals surface area contributed by atoms with Gasteiger partial charge in [0, 0.05) is 124 Å². The number of rotatable bonds is 0. The molecule has 22 rings (SSSR count). The summed E-state index contributed by atoms with van der Waals surface area (Å²) in [6.45, 7) is 71.8. The Balaban J connectivity index is -0.000000230. The van der Waals surface area contributed by atoms with Crippen LogP contribution in [-0.2, 0) is 6.42 Å². The van der Waals surface area contributed by atoms with Gasteiger partial charge in [0.15, 0.2) is 0 Å². The highest BCUT2D eigenvalue weighted by Gasteiger charge is 2.44. The fourth-order valence-corrected chi connectivity index (χ4v) is 18.1. The second-order valence-electron chi connectivity index (χ2n) is 43.0. The molecule has 6 unspecified atom stereocenters. The topological polar surface area (TPSA) is 163 Å². The van der Waals surface area contributed by atoms with Crippen LogP contribution in [0.5, 0.6) is 0 Å². The Hall–Kier alpha value is -7.79. The fraction of sp³-hybridized carbons (Fsp3) is 0.641. The Labute approximate surface area is 902 Å². The van der Waals surface area contributed by atoms with Crippen LogP contribution in [-0.4, -0.2) is 142 Å². The molecule has 0 spiro atoms. The van der Waals surface area contributed by atoms with Crippen molar-refractivity contribution >= 4 is 28.0 Å². The maximum absolute atomic E-state index is 4.22. The van der Waals surface area contributed by atoms with E-state index in [4.69, 9.17) is 0 Å². The van der Waals surface area contributed by atoms with Crippen molar-refractivity contribution in [3.8, 4) is 0 Å². The van der Waals surface area contributed by atoms with E-state index in [9.17, 15) is 0 Å². The summed E-state index contributed by atoms with van der Waals surface area (Å²) in [4.78, 5) is 31.4. The number of aromatic amines is 2. The summed E-state index contributed by atoms with van der Waals surface area (Å²) in [5.41, 5.74) is 27.3. The number of piperazine rings is 2. The van der Waals surface area contributed by atoms with Crippen LogP contribution in [0.3, 0.4) is 0 Å². The number of pyridine rings is 2. The van der Waals surface area contributed by atoms with Crippen molar-refractivity contribution < 1.29 is 0 Å². The highest BCUT2D eigenvalue weighted by molar-refractivity contribution is 5.85. The van der Waals surface area contributed by atoms with Gasteiger partial charge in [-0.05, 0) is 387 Å². The van der Waals surface area contributed by atoms with E-state index in [2.05, 4.69) is 341 Å². The number of hydrogen-bond donors (Lipinski definition) is 7. The zero-order valence-corrected chi connectivity index (χ0v) is 89.1. The number of hydrogen-bond acceptors (Lipinski definition) is 12. The first kappa shape index (κ1) is 152. The van der Waals surface area contributed by atoms with Gasteiger partial charge in [-0.25, -0.2) is 15.0 Å². The normalized spacial score (nSPS) is 23.2. The molecule has 0 amide bonds. The molecule has 145 heavy (non-hydrogen) atoms. The number of piperidine rings is 1. The van der Waals surface area contributed by atoms with Crippen LogP contribution in [0.25, 0.3) is 28.0 Å². The predicted octanol–water partition coefficient (Wildman–Crippen LogP) is 35.8. The van der Waals surface area contributed by atoms with Crippen molar-refractivity contribution in [3.63, 3.8) is 0 Å². The lowest BCUT2D eigenvalue weighted by molar-refractivity contribution is -0.00154. The summed E-state index contributed by atoms with van der Waals surface area (Å²) in [6.07, 6.45) is 46.5. The lowest BCUT2D eigenvalue weighted by Gasteiger charge is -2.50. The van der Waals surface area contributed by atoms with Gasteiger partial charge < -0.3 is 46.4 Å². The molecule has 14 nitrogen and oxygen atoms in total. The Morgan fingerprint density at radius 1 is 0.331 bits per heavy atom. The van der Waals surface area contributed by atoms with E-state index in [-0.39, 0.29) is 96.5 Å². The average Bonchev–Trinajstić information content (AvgIpc) is 1.47. The van der Waals surface area contributed by atoms with Gasteiger partial charge in [0.2, 0.25) is 0 Å². The largest absolute Gasteiger partial charge is 0.361 e. The predicted molar refractivity (Wildman–Crippen MR) is 661 cm³/mol. The molecule has 834 valence electrons. The SMILES string of the molecule is C.C.C.C.C.C.C.C.C.C.C.C.C.CC12CCC(C)(CC1)CC2.CC1=CC=C(C)CC1.CC1CC2CC(C1)C2C.CC1CCC(C)CC1.CC1CCC(C)NC1.CC1CNC(C)CN1.CC1CNC(C)NC1.CN1CCN(C)CC1.Cc1ccc(C)c2[nH]ccc12.Cc1ccc(C)c2[nH]cnc12.Cc1ccc(C)c2c1C=CC2.Cc1ccc(C)cc1.Cc1ccc(C)nc1.Cc1ccc(C)nc1.Cc1cnc(C)nc1. The Morgan fingerprint density at radius 2 is 0.710 bits per heavy atom. The van der Waals surface area contributed by atoms with E-state index in [0.717, 1.165) is 131 Å². The van der Waals surface area contributed by atoms with Gasteiger partial charge >= 0.3 is 0 Å². The molecule has 7 saturated carbocycles. The van der Waals surface area contributed by atoms with Crippen LogP contribution < -0.4 is 26.6 Å². The van der Waals surface area contributed by atoms with Crippen LogP contribution in [0.15, 0.2) is 158 Å².